The van der Waals surface area contributed by atoms with Crippen LogP contribution in [-0.4, -0.2) is 12.1 Å². The van der Waals surface area contributed by atoms with Gasteiger partial charge in [0.1, 0.15) is 0 Å². The molecule has 0 radical (unpaired) electrons. The van der Waals surface area contributed by atoms with E-state index in [9.17, 15) is 8.78 Å². The molecule has 0 spiro atoms. The number of alkyl halides is 2. The first-order valence-electron chi connectivity index (χ1n) is 6.50. The molecule has 1 aliphatic rings. The molecule has 100 valence electrons. The minimum atomic E-state index is -2.36. The van der Waals surface area contributed by atoms with Gasteiger partial charge in [-0.3, -0.25) is 0 Å². The van der Waals surface area contributed by atoms with Crippen LogP contribution in [0.3, 0.4) is 0 Å². The fourth-order valence-corrected chi connectivity index (χ4v) is 2.21. The van der Waals surface area contributed by atoms with Gasteiger partial charge in [-0.25, -0.2) is 8.78 Å². The van der Waals surface area contributed by atoms with Crippen molar-refractivity contribution in [2.24, 2.45) is 5.92 Å². The molecule has 1 N–H and O–H groups in total. The molecule has 3 heteroatoms. The summed E-state index contributed by atoms with van der Waals surface area (Å²) in [5.74, 6) is 1.20. The number of rotatable bonds is 4. The van der Waals surface area contributed by atoms with Crippen molar-refractivity contribution in [1.82, 2.24) is 5.32 Å². The van der Waals surface area contributed by atoms with E-state index >= 15 is 0 Å². The number of hydrogen-bond acceptors (Lipinski definition) is 1. The summed E-state index contributed by atoms with van der Waals surface area (Å²) in [5.41, 5.74) is 1.45. The molecule has 2 atom stereocenters. The molecular weight excluding hydrogens is 232 g/mol. The summed E-state index contributed by atoms with van der Waals surface area (Å²) in [4.78, 5) is 0. The molecular formula is C15H21F2N. The van der Waals surface area contributed by atoms with Gasteiger partial charge < -0.3 is 5.32 Å². The number of hydrogen-bond donors (Lipinski definition) is 1. The molecule has 18 heavy (non-hydrogen) atoms. The third-order valence-electron chi connectivity index (χ3n) is 3.43. The van der Waals surface area contributed by atoms with Gasteiger partial charge in [-0.1, -0.05) is 24.3 Å². The topological polar surface area (TPSA) is 12.0 Å². The molecule has 0 bridgehead atoms. The Morgan fingerprint density at radius 2 is 1.83 bits per heavy atom. The van der Waals surface area contributed by atoms with Gasteiger partial charge in [0.25, 0.3) is 6.43 Å². The zero-order valence-electron chi connectivity index (χ0n) is 11.2. The van der Waals surface area contributed by atoms with E-state index in [1.165, 1.54) is 5.56 Å². The summed E-state index contributed by atoms with van der Waals surface area (Å²) in [5, 5.41) is 3.49. The molecule has 1 aromatic rings. The van der Waals surface area contributed by atoms with Crippen molar-refractivity contribution in [3.63, 3.8) is 0 Å². The van der Waals surface area contributed by atoms with Crippen LogP contribution in [0.5, 0.6) is 0 Å². The van der Waals surface area contributed by atoms with Gasteiger partial charge in [0.05, 0.1) is 0 Å². The van der Waals surface area contributed by atoms with Crippen molar-refractivity contribution < 1.29 is 8.78 Å². The smallest absolute Gasteiger partial charge is 0.263 e. The molecule has 0 saturated heterocycles. The standard InChI is InChI=1S/C15H21F2N/c1-15(2,3)18-9-12-8-13(12)10-4-6-11(7-5-10)14(16)17/h4-7,12-14,18H,8-9H2,1-3H3. The van der Waals surface area contributed by atoms with E-state index < -0.39 is 6.43 Å². The van der Waals surface area contributed by atoms with Crippen molar-refractivity contribution in [3.8, 4) is 0 Å². The summed E-state index contributed by atoms with van der Waals surface area (Å²) < 4.78 is 24.9. The van der Waals surface area contributed by atoms with Crippen LogP contribution in [0.25, 0.3) is 0 Å². The maximum atomic E-state index is 12.4. The summed E-state index contributed by atoms with van der Waals surface area (Å²) >= 11 is 0. The van der Waals surface area contributed by atoms with Crippen LogP contribution in [0, 0.1) is 5.92 Å². The molecule has 1 saturated carbocycles. The average molecular weight is 253 g/mol. The monoisotopic (exact) mass is 253 g/mol. The third kappa shape index (κ3) is 3.52. The lowest BCUT2D eigenvalue weighted by atomic mass is 10.1. The lowest BCUT2D eigenvalue weighted by Crippen LogP contribution is -2.37. The van der Waals surface area contributed by atoms with E-state index in [1.54, 1.807) is 12.1 Å². The summed E-state index contributed by atoms with van der Waals surface area (Å²) in [7, 11) is 0. The molecule has 1 aliphatic carbocycles. The molecule has 0 aliphatic heterocycles. The lowest BCUT2D eigenvalue weighted by Gasteiger charge is -2.20. The van der Waals surface area contributed by atoms with Crippen LogP contribution >= 0.6 is 0 Å². The zero-order chi connectivity index (χ0) is 13.3. The van der Waals surface area contributed by atoms with Crippen LogP contribution in [0.15, 0.2) is 24.3 Å². The quantitative estimate of drug-likeness (QED) is 0.851. The Balaban J connectivity index is 1.87. The lowest BCUT2D eigenvalue weighted by molar-refractivity contribution is 0.151. The Hall–Kier alpha value is -0.960. The second kappa shape index (κ2) is 4.96. The second-order valence-electron chi connectivity index (χ2n) is 6.20. The van der Waals surface area contributed by atoms with Crippen molar-refractivity contribution in [3.05, 3.63) is 35.4 Å². The third-order valence-corrected chi connectivity index (χ3v) is 3.43. The van der Waals surface area contributed by atoms with Crippen LogP contribution in [0.1, 0.15) is 50.7 Å². The first kappa shape index (κ1) is 13.5. The largest absolute Gasteiger partial charge is 0.312 e. The van der Waals surface area contributed by atoms with E-state index in [4.69, 9.17) is 0 Å². The Bertz CT molecular complexity index is 392. The van der Waals surface area contributed by atoms with Gasteiger partial charge in [0.2, 0.25) is 0 Å². The molecule has 2 unspecified atom stereocenters. The van der Waals surface area contributed by atoms with E-state index in [1.807, 2.05) is 12.1 Å². The Morgan fingerprint density at radius 3 is 2.33 bits per heavy atom. The fraction of sp³-hybridized carbons (Fsp3) is 0.600. The maximum Gasteiger partial charge on any atom is 0.263 e. The predicted molar refractivity (Wildman–Crippen MR) is 70.0 cm³/mol. The van der Waals surface area contributed by atoms with Gasteiger partial charge in [-0.2, -0.15) is 0 Å². The van der Waals surface area contributed by atoms with Crippen molar-refractivity contribution in [2.75, 3.05) is 6.54 Å². The second-order valence-corrected chi connectivity index (χ2v) is 6.20. The van der Waals surface area contributed by atoms with Crippen molar-refractivity contribution in [1.29, 1.82) is 0 Å². The minimum Gasteiger partial charge on any atom is -0.312 e. The zero-order valence-corrected chi connectivity index (χ0v) is 11.2. The van der Waals surface area contributed by atoms with Crippen LogP contribution in [0.4, 0.5) is 8.78 Å². The van der Waals surface area contributed by atoms with Gasteiger partial charge in [-0.05, 0) is 51.1 Å². The number of benzene rings is 1. The molecule has 1 nitrogen and oxygen atoms in total. The predicted octanol–water partition coefficient (Wildman–Crippen LogP) is 4.12. The SMILES string of the molecule is CC(C)(C)NCC1CC1c1ccc(C(F)F)cc1. The first-order valence-corrected chi connectivity index (χ1v) is 6.50. The molecule has 1 aromatic carbocycles. The van der Waals surface area contributed by atoms with Gasteiger partial charge in [-0.15, -0.1) is 0 Å². The summed E-state index contributed by atoms with van der Waals surface area (Å²) in [6.07, 6.45) is -1.20. The number of halogens is 2. The Morgan fingerprint density at radius 1 is 1.22 bits per heavy atom. The highest BCUT2D eigenvalue weighted by Crippen LogP contribution is 2.47. The highest BCUT2D eigenvalue weighted by Gasteiger charge is 2.38. The maximum absolute atomic E-state index is 12.4. The van der Waals surface area contributed by atoms with E-state index in [0.717, 1.165) is 13.0 Å². The molecule has 0 heterocycles. The normalized spacial score (nSPS) is 23.4. The van der Waals surface area contributed by atoms with Crippen LogP contribution in [0.2, 0.25) is 0 Å². The highest BCUT2D eigenvalue weighted by atomic mass is 19.3. The number of nitrogens with one attached hydrogen (secondary N) is 1. The van der Waals surface area contributed by atoms with Crippen LogP contribution < -0.4 is 5.32 Å². The Labute approximate surface area is 108 Å². The Kier molecular flexibility index (Phi) is 3.71. The molecule has 0 aromatic heterocycles. The molecule has 1 fully saturated rings. The molecule has 0 amide bonds. The van der Waals surface area contributed by atoms with Gasteiger partial charge in [0.15, 0.2) is 0 Å². The van der Waals surface area contributed by atoms with Crippen molar-refractivity contribution in [2.45, 2.75) is 45.1 Å². The summed E-state index contributed by atoms with van der Waals surface area (Å²) in [6.45, 7) is 7.47. The minimum absolute atomic E-state index is 0.115. The molecule has 2 rings (SSSR count). The van der Waals surface area contributed by atoms with Gasteiger partial charge >= 0.3 is 0 Å². The van der Waals surface area contributed by atoms with E-state index in [0.29, 0.717) is 11.8 Å². The van der Waals surface area contributed by atoms with Gasteiger partial charge in [0, 0.05) is 11.1 Å². The summed E-state index contributed by atoms with van der Waals surface area (Å²) in [6, 6.07) is 6.80. The first-order chi connectivity index (χ1) is 8.37. The van der Waals surface area contributed by atoms with E-state index in [-0.39, 0.29) is 11.1 Å². The fourth-order valence-electron chi connectivity index (χ4n) is 2.21. The highest BCUT2D eigenvalue weighted by molar-refractivity contribution is 5.30. The van der Waals surface area contributed by atoms with Crippen molar-refractivity contribution >= 4 is 0 Å². The average Bonchev–Trinajstić information content (AvgIpc) is 3.05. The van der Waals surface area contributed by atoms with Crippen LogP contribution in [-0.2, 0) is 0 Å². The van der Waals surface area contributed by atoms with E-state index in [2.05, 4.69) is 26.1 Å².